The Morgan fingerprint density at radius 3 is 2.59 bits per heavy atom. The number of anilines is 1. The molecule has 184 valence electrons. The van der Waals surface area contributed by atoms with Gasteiger partial charge in [-0.1, -0.05) is 11.6 Å². The lowest BCUT2D eigenvalue weighted by atomic mass is 9.85. The van der Waals surface area contributed by atoms with Crippen molar-refractivity contribution in [1.82, 2.24) is 9.88 Å². The number of benzene rings is 1. The van der Waals surface area contributed by atoms with Crippen LogP contribution in [-0.2, 0) is 14.3 Å². The first kappa shape index (κ1) is 23.9. The second-order valence-corrected chi connectivity index (χ2v) is 11.3. The van der Waals surface area contributed by atoms with Gasteiger partial charge in [-0.3, -0.25) is 9.69 Å². The lowest BCUT2D eigenvalue weighted by Crippen LogP contribution is -2.56. The molecule has 5 rings (SSSR count). The molecule has 2 N–H and O–H groups in total. The molecular formula is C26H34ClN3O4. The molecule has 0 radical (unpaired) electrons. The van der Waals surface area contributed by atoms with Crippen LogP contribution < -0.4 is 5.32 Å². The second kappa shape index (κ2) is 9.03. The van der Waals surface area contributed by atoms with E-state index in [1.54, 1.807) is 6.20 Å². The molecule has 1 amide bonds. The van der Waals surface area contributed by atoms with E-state index in [-0.39, 0.29) is 23.0 Å². The lowest BCUT2D eigenvalue weighted by molar-refractivity contribution is -0.119. The summed E-state index contributed by atoms with van der Waals surface area (Å²) in [5.74, 6) is 0.684. The van der Waals surface area contributed by atoms with Gasteiger partial charge in [0.2, 0.25) is 5.91 Å². The number of pyridine rings is 1. The maximum absolute atomic E-state index is 12.7. The second-order valence-electron chi connectivity index (χ2n) is 10.9. The highest BCUT2D eigenvalue weighted by Gasteiger charge is 2.45. The van der Waals surface area contributed by atoms with Crippen molar-refractivity contribution in [2.45, 2.75) is 63.2 Å². The van der Waals surface area contributed by atoms with Crippen LogP contribution in [0.2, 0.25) is 5.02 Å². The Morgan fingerprint density at radius 1 is 1.18 bits per heavy atom. The predicted octanol–water partition coefficient (Wildman–Crippen LogP) is 3.97. The minimum absolute atomic E-state index is 0.0504. The number of halogens is 1. The van der Waals surface area contributed by atoms with Crippen molar-refractivity contribution in [3.63, 3.8) is 0 Å². The van der Waals surface area contributed by atoms with Gasteiger partial charge in [0.05, 0.1) is 43.0 Å². The smallest absolute Gasteiger partial charge is 0.231 e. The number of nitrogens with zero attached hydrogens (tertiary/aromatic N) is 2. The Morgan fingerprint density at radius 2 is 1.94 bits per heavy atom. The maximum atomic E-state index is 12.7. The molecule has 0 spiro atoms. The third kappa shape index (κ3) is 4.56. The van der Waals surface area contributed by atoms with Gasteiger partial charge in [0.1, 0.15) is 5.82 Å². The third-order valence-corrected chi connectivity index (χ3v) is 8.24. The number of carbonyl (C=O) groups is 1. The third-order valence-electron chi connectivity index (χ3n) is 7.92. The fourth-order valence-electron chi connectivity index (χ4n) is 5.66. The van der Waals surface area contributed by atoms with E-state index < -0.39 is 6.10 Å². The Hall–Kier alpha value is -1.77. The number of ether oxygens (including phenoxy) is 2. The Kier molecular flexibility index (Phi) is 6.36. The summed E-state index contributed by atoms with van der Waals surface area (Å²) in [6, 6.07) is 6.04. The predicted molar refractivity (Wildman–Crippen MR) is 132 cm³/mol. The van der Waals surface area contributed by atoms with Gasteiger partial charge in [-0.05, 0) is 88.2 Å². The number of amides is 1. The van der Waals surface area contributed by atoms with Crippen molar-refractivity contribution in [1.29, 1.82) is 0 Å². The number of aromatic nitrogens is 1. The van der Waals surface area contributed by atoms with E-state index in [1.165, 1.54) is 0 Å². The molecule has 0 unspecified atom stereocenters. The summed E-state index contributed by atoms with van der Waals surface area (Å²) in [4.78, 5) is 19.5. The van der Waals surface area contributed by atoms with Gasteiger partial charge in [-0.25, -0.2) is 4.98 Å². The SMILES string of the molecule is CC1(C)C[C@@H](C(=O)Nc2cc3cc(C4CCN([C@]5(C)COC[C@@H]5O)CC4)c(Cl)cc3cn2)CO1. The number of fused-ring (bicyclic) bond motifs is 1. The first-order valence-corrected chi connectivity index (χ1v) is 12.6. The Balaban J connectivity index is 1.30. The summed E-state index contributed by atoms with van der Waals surface area (Å²) in [6.45, 7) is 9.32. The number of likely N-dealkylation sites (tertiary alicyclic amines) is 1. The minimum atomic E-state index is -0.448. The molecule has 3 aliphatic heterocycles. The summed E-state index contributed by atoms with van der Waals surface area (Å²) < 4.78 is 11.2. The van der Waals surface area contributed by atoms with Crippen LogP contribution in [-0.4, -0.2) is 71.1 Å². The van der Waals surface area contributed by atoms with Crippen LogP contribution >= 0.6 is 11.6 Å². The van der Waals surface area contributed by atoms with Gasteiger partial charge < -0.3 is 19.9 Å². The number of rotatable bonds is 4. The Bertz CT molecular complexity index is 1090. The topological polar surface area (TPSA) is 83.9 Å². The molecule has 4 heterocycles. The monoisotopic (exact) mass is 487 g/mol. The van der Waals surface area contributed by atoms with Gasteiger partial charge >= 0.3 is 0 Å². The van der Waals surface area contributed by atoms with Crippen molar-refractivity contribution >= 4 is 34.1 Å². The van der Waals surface area contributed by atoms with Crippen molar-refractivity contribution < 1.29 is 19.4 Å². The van der Waals surface area contributed by atoms with Crippen LogP contribution in [0.5, 0.6) is 0 Å². The van der Waals surface area contributed by atoms with Gasteiger partial charge in [-0.2, -0.15) is 0 Å². The van der Waals surface area contributed by atoms with Crippen LogP contribution in [0, 0.1) is 5.92 Å². The zero-order chi connectivity index (χ0) is 24.1. The van der Waals surface area contributed by atoms with Crippen LogP contribution in [0.3, 0.4) is 0 Å². The van der Waals surface area contributed by atoms with Crippen molar-refractivity contribution in [2.75, 3.05) is 38.2 Å². The molecule has 0 saturated carbocycles. The molecule has 8 heteroatoms. The van der Waals surface area contributed by atoms with E-state index in [1.807, 2.05) is 26.0 Å². The minimum Gasteiger partial charge on any atom is -0.389 e. The molecule has 3 atom stereocenters. The van der Waals surface area contributed by atoms with E-state index in [9.17, 15) is 9.90 Å². The number of aliphatic hydroxyl groups is 1. The van der Waals surface area contributed by atoms with E-state index in [0.717, 1.165) is 47.3 Å². The normalized spacial score (nSPS) is 30.1. The molecule has 2 aromatic rings. The number of piperidine rings is 1. The zero-order valence-electron chi connectivity index (χ0n) is 20.1. The average molecular weight is 488 g/mol. The number of hydrogen-bond acceptors (Lipinski definition) is 6. The maximum Gasteiger partial charge on any atom is 0.231 e. The Labute approximate surface area is 205 Å². The van der Waals surface area contributed by atoms with Gasteiger partial charge in [0.25, 0.3) is 0 Å². The number of hydrogen-bond donors (Lipinski definition) is 2. The molecule has 3 saturated heterocycles. The fraction of sp³-hybridized carbons (Fsp3) is 0.615. The van der Waals surface area contributed by atoms with E-state index >= 15 is 0 Å². The van der Waals surface area contributed by atoms with Crippen molar-refractivity contribution in [2.24, 2.45) is 5.92 Å². The van der Waals surface area contributed by atoms with Gasteiger partial charge in [0, 0.05) is 16.6 Å². The first-order chi connectivity index (χ1) is 16.1. The van der Waals surface area contributed by atoms with E-state index in [0.29, 0.717) is 38.0 Å². The highest BCUT2D eigenvalue weighted by atomic mass is 35.5. The molecule has 1 aromatic heterocycles. The molecule has 7 nitrogen and oxygen atoms in total. The summed E-state index contributed by atoms with van der Waals surface area (Å²) in [5.41, 5.74) is 0.563. The standard InChI is InChI=1S/C26H34ClN3O4/c1-25(2)11-19(13-34-25)24(32)29-23-10-17-8-20(21(27)9-18(17)12-28-23)16-4-6-30(7-5-16)26(3)15-33-14-22(26)31/h8-10,12,16,19,22,31H,4-7,11,13-15H2,1-3H3,(H,28,29,32)/t19-,22+,26-/m1/s1. The highest BCUT2D eigenvalue weighted by molar-refractivity contribution is 6.32. The number of carbonyl (C=O) groups excluding carboxylic acids is 1. The molecule has 1 aromatic carbocycles. The average Bonchev–Trinajstić information content (AvgIpc) is 3.35. The van der Waals surface area contributed by atoms with Crippen molar-refractivity contribution in [3.05, 3.63) is 35.0 Å². The lowest BCUT2D eigenvalue weighted by Gasteiger charge is -2.43. The van der Waals surface area contributed by atoms with Crippen LogP contribution in [0.4, 0.5) is 5.82 Å². The number of nitrogens with one attached hydrogen (secondary N) is 1. The molecular weight excluding hydrogens is 454 g/mol. The molecule has 3 aliphatic rings. The molecule has 0 bridgehead atoms. The van der Waals surface area contributed by atoms with Crippen LogP contribution in [0.1, 0.15) is 51.5 Å². The summed E-state index contributed by atoms with van der Waals surface area (Å²) >= 11 is 6.70. The summed E-state index contributed by atoms with van der Waals surface area (Å²) in [5, 5.41) is 16.1. The molecule has 34 heavy (non-hydrogen) atoms. The van der Waals surface area contributed by atoms with Crippen LogP contribution in [0.25, 0.3) is 10.8 Å². The van der Waals surface area contributed by atoms with Crippen molar-refractivity contribution in [3.8, 4) is 0 Å². The zero-order valence-corrected chi connectivity index (χ0v) is 20.9. The first-order valence-electron chi connectivity index (χ1n) is 12.2. The van der Waals surface area contributed by atoms with E-state index in [2.05, 4.69) is 28.2 Å². The van der Waals surface area contributed by atoms with E-state index in [4.69, 9.17) is 21.1 Å². The van der Waals surface area contributed by atoms with Crippen LogP contribution in [0.15, 0.2) is 24.4 Å². The summed E-state index contributed by atoms with van der Waals surface area (Å²) in [6.07, 6.45) is 3.96. The number of aliphatic hydroxyl groups excluding tert-OH is 1. The largest absolute Gasteiger partial charge is 0.389 e. The fourth-order valence-corrected chi connectivity index (χ4v) is 5.98. The highest BCUT2D eigenvalue weighted by Crippen LogP contribution is 2.39. The van der Waals surface area contributed by atoms with Gasteiger partial charge in [0.15, 0.2) is 0 Å². The quantitative estimate of drug-likeness (QED) is 0.679. The summed E-state index contributed by atoms with van der Waals surface area (Å²) in [7, 11) is 0. The molecule has 3 fully saturated rings. The molecule has 0 aliphatic carbocycles. The van der Waals surface area contributed by atoms with Gasteiger partial charge in [-0.15, -0.1) is 0 Å².